The molecule has 1 aromatic carbocycles. The lowest BCUT2D eigenvalue weighted by Crippen LogP contribution is -2.34. The van der Waals surface area contributed by atoms with Crippen LogP contribution in [0.5, 0.6) is 0 Å². The Morgan fingerprint density at radius 2 is 2.06 bits per heavy atom. The van der Waals surface area contributed by atoms with Crippen LogP contribution >= 0.6 is 11.3 Å². The number of nitrogens with two attached hydrogens (primary N) is 1. The molecule has 0 fully saturated rings. The molecule has 0 aliphatic rings. The van der Waals surface area contributed by atoms with Gasteiger partial charge in [-0.25, -0.2) is 13.8 Å². The average molecular weight is 268 g/mol. The van der Waals surface area contributed by atoms with E-state index in [0.717, 1.165) is 11.8 Å². The fourth-order valence-electron chi connectivity index (χ4n) is 1.64. The minimum atomic E-state index is -0.595. The van der Waals surface area contributed by atoms with Crippen LogP contribution in [0.1, 0.15) is 19.5 Å². The van der Waals surface area contributed by atoms with Crippen LogP contribution in [0.2, 0.25) is 0 Å². The number of thiazole rings is 1. The van der Waals surface area contributed by atoms with E-state index in [4.69, 9.17) is 5.73 Å². The Balaban J connectivity index is 2.29. The lowest BCUT2D eigenvalue weighted by molar-refractivity contribution is 0.511. The first-order valence-electron chi connectivity index (χ1n) is 5.54. The van der Waals surface area contributed by atoms with E-state index in [1.807, 2.05) is 19.2 Å². The Kier molecular flexibility index (Phi) is 3.45. The number of benzene rings is 1. The maximum atomic E-state index is 13.6. The lowest BCUT2D eigenvalue weighted by Gasteiger charge is -2.16. The zero-order chi connectivity index (χ0) is 13.3. The van der Waals surface area contributed by atoms with E-state index in [9.17, 15) is 8.78 Å². The molecule has 0 spiro atoms. The zero-order valence-electron chi connectivity index (χ0n) is 10.2. The van der Waals surface area contributed by atoms with Gasteiger partial charge >= 0.3 is 0 Å². The van der Waals surface area contributed by atoms with Crippen LogP contribution in [0.4, 0.5) is 8.78 Å². The van der Waals surface area contributed by atoms with E-state index < -0.39 is 11.6 Å². The minimum Gasteiger partial charge on any atom is -0.325 e. The normalized spacial score (nSPS) is 11.8. The summed E-state index contributed by atoms with van der Waals surface area (Å²) in [5, 5.41) is 2.40. The predicted octanol–water partition coefficient (Wildman–Crippen LogP) is 3.37. The van der Waals surface area contributed by atoms with Gasteiger partial charge in [-0.2, -0.15) is 0 Å². The van der Waals surface area contributed by atoms with Crippen molar-refractivity contribution in [3.8, 4) is 10.6 Å². The molecule has 1 aromatic heterocycles. The molecule has 2 aromatic rings. The molecular weight excluding hydrogens is 254 g/mol. The fourth-order valence-corrected chi connectivity index (χ4v) is 2.49. The molecule has 0 aliphatic heterocycles. The molecule has 0 unspecified atom stereocenters. The molecule has 0 atom stereocenters. The van der Waals surface area contributed by atoms with E-state index in [0.29, 0.717) is 17.0 Å². The highest BCUT2D eigenvalue weighted by molar-refractivity contribution is 7.13. The van der Waals surface area contributed by atoms with Gasteiger partial charge in [0.1, 0.15) is 16.6 Å². The molecular formula is C13H14F2N2S. The van der Waals surface area contributed by atoms with Gasteiger partial charge < -0.3 is 5.73 Å². The van der Waals surface area contributed by atoms with Crippen molar-refractivity contribution in [2.24, 2.45) is 5.73 Å². The number of halogens is 2. The van der Waals surface area contributed by atoms with Gasteiger partial charge in [0.05, 0.1) is 5.69 Å². The number of rotatable bonds is 3. The van der Waals surface area contributed by atoms with Crippen LogP contribution in [0.15, 0.2) is 23.6 Å². The van der Waals surface area contributed by atoms with Gasteiger partial charge in [0.15, 0.2) is 0 Å². The van der Waals surface area contributed by atoms with Gasteiger partial charge in [0, 0.05) is 29.0 Å². The highest BCUT2D eigenvalue weighted by Gasteiger charge is 2.16. The summed E-state index contributed by atoms with van der Waals surface area (Å²) in [5.41, 5.74) is 6.70. The molecule has 0 saturated heterocycles. The first kappa shape index (κ1) is 13.1. The Labute approximate surface area is 108 Å². The van der Waals surface area contributed by atoms with Crippen molar-refractivity contribution in [1.82, 2.24) is 4.98 Å². The van der Waals surface area contributed by atoms with Crippen molar-refractivity contribution >= 4 is 11.3 Å². The third-order valence-corrected chi connectivity index (χ3v) is 3.27. The maximum Gasteiger partial charge on any atom is 0.136 e. The monoisotopic (exact) mass is 268 g/mol. The summed E-state index contributed by atoms with van der Waals surface area (Å²) < 4.78 is 26.4. The summed E-state index contributed by atoms with van der Waals surface area (Å²) in [7, 11) is 0. The van der Waals surface area contributed by atoms with E-state index in [-0.39, 0.29) is 5.54 Å². The largest absolute Gasteiger partial charge is 0.325 e. The number of aromatic nitrogens is 1. The van der Waals surface area contributed by atoms with E-state index in [1.165, 1.54) is 23.5 Å². The molecule has 2 nitrogen and oxygen atoms in total. The van der Waals surface area contributed by atoms with E-state index in [2.05, 4.69) is 4.98 Å². The maximum absolute atomic E-state index is 13.6. The number of hydrogen-bond donors (Lipinski definition) is 1. The summed E-state index contributed by atoms with van der Waals surface area (Å²) in [6.07, 6.45) is 0.617. The fraction of sp³-hybridized carbons (Fsp3) is 0.308. The summed E-state index contributed by atoms with van der Waals surface area (Å²) in [6, 6.07) is 3.50. The van der Waals surface area contributed by atoms with Crippen molar-refractivity contribution in [3.05, 3.63) is 40.9 Å². The summed E-state index contributed by atoms with van der Waals surface area (Å²) in [6.45, 7) is 3.81. The Morgan fingerprint density at radius 1 is 1.33 bits per heavy atom. The summed E-state index contributed by atoms with van der Waals surface area (Å²) in [5.74, 6) is -1.18. The highest BCUT2D eigenvalue weighted by atomic mass is 32.1. The van der Waals surface area contributed by atoms with Gasteiger partial charge in [-0.3, -0.25) is 0 Å². The van der Waals surface area contributed by atoms with Crippen LogP contribution in [-0.2, 0) is 6.42 Å². The van der Waals surface area contributed by atoms with Crippen LogP contribution < -0.4 is 5.73 Å². The molecule has 5 heteroatoms. The van der Waals surface area contributed by atoms with Crippen molar-refractivity contribution in [3.63, 3.8) is 0 Å². The van der Waals surface area contributed by atoms with E-state index >= 15 is 0 Å². The zero-order valence-corrected chi connectivity index (χ0v) is 11.0. The Morgan fingerprint density at radius 3 is 2.67 bits per heavy atom. The predicted molar refractivity (Wildman–Crippen MR) is 69.4 cm³/mol. The Hall–Kier alpha value is -1.33. The standard InChI is InChI=1S/C13H14F2N2S/c1-13(2,16)6-9-7-18-12(17-9)10-4-3-8(14)5-11(10)15/h3-5,7H,6,16H2,1-2H3. The van der Waals surface area contributed by atoms with Crippen molar-refractivity contribution in [2.75, 3.05) is 0 Å². The molecule has 0 saturated carbocycles. The SMILES string of the molecule is CC(C)(N)Cc1csc(-c2ccc(F)cc2F)n1. The lowest BCUT2D eigenvalue weighted by atomic mass is 10.0. The van der Waals surface area contributed by atoms with Gasteiger partial charge in [-0.1, -0.05) is 0 Å². The average Bonchev–Trinajstić information content (AvgIpc) is 2.63. The number of nitrogens with zero attached hydrogens (tertiary/aromatic N) is 1. The van der Waals surface area contributed by atoms with Gasteiger partial charge in [-0.05, 0) is 26.0 Å². The van der Waals surface area contributed by atoms with Crippen molar-refractivity contribution < 1.29 is 8.78 Å². The van der Waals surface area contributed by atoms with Gasteiger partial charge in [0.2, 0.25) is 0 Å². The quantitative estimate of drug-likeness (QED) is 0.927. The molecule has 0 bridgehead atoms. The first-order chi connectivity index (χ1) is 8.35. The molecule has 0 radical (unpaired) electrons. The second-order valence-corrected chi connectivity index (χ2v) is 5.79. The summed E-state index contributed by atoms with van der Waals surface area (Å²) >= 11 is 1.33. The Bertz CT molecular complexity index is 558. The van der Waals surface area contributed by atoms with E-state index in [1.54, 1.807) is 0 Å². The van der Waals surface area contributed by atoms with Crippen LogP contribution in [0.25, 0.3) is 10.6 Å². The van der Waals surface area contributed by atoms with Crippen molar-refractivity contribution in [2.45, 2.75) is 25.8 Å². The van der Waals surface area contributed by atoms with Crippen LogP contribution in [0.3, 0.4) is 0 Å². The van der Waals surface area contributed by atoms with Gasteiger partial charge in [-0.15, -0.1) is 11.3 Å². The third kappa shape index (κ3) is 3.11. The second-order valence-electron chi connectivity index (χ2n) is 4.93. The summed E-state index contributed by atoms with van der Waals surface area (Å²) in [4.78, 5) is 4.33. The van der Waals surface area contributed by atoms with Crippen LogP contribution in [-0.4, -0.2) is 10.5 Å². The molecule has 0 amide bonds. The third-order valence-electron chi connectivity index (χ3n) is 2.35. The van der Waals surface area contributed by atoms with Gasteiger partial charge in [0.25, 0.3) is 0 Å². The van der Waals surface area contributed by atoms with Crippen LogP contribution in [0, 0.1) is 11.6 Å². The molecule has 96 valence electrons. The number of hydrogen-bond acceptors (Lipinski definition) is 3. The topological polar surface area (TPSA) is 38.9 Å². The molecule has 2 rings (SSSR count). The molecule has 1 heterocycles. The first-order valence-corrected chi connectivity index (χ1v) is 6.42. The highest BCUT2D eigenvalue weighted by Crippen LogP contribution is 2.27. The molecule has 2 N–H and O–H groups in total. The molecule has 0 aliphatic carbocycles. The van der Waals surface area contributed by atoms with Crippen molar-refractivity contribution in [1.29, 1.82) is 0 Å². The smallest absolute Gasteiger partial charge is 0.136 e. The second kappa shape index (κ2) is 4.74. The minimum absolute atomic E-state index is 0.322. The molecule has 18 heavy (non-hydrogen) atoms.